The van der Waals surface area contributed by atoms with Gasteiger partial charge < -0.3 is 15.5 Å². The van der Waals surface area contributed by atoms with Crippen LogP contribution in [0, 0.1) is 5.41 Å². The molecule has 0 aliphatic carbocycles. The minimum atomic E-state index is -0.841. The number of hydrogen-bond acceptors (Lipinski definition) is 6. The molecule has 2 N–H and O–H groups in total. The molecule has 0 heterocycles. The number of ketones is 1. The SMILES string of the molecule is CCSCC(=O)N[C@@H](CCC(=O)C=N)C(=O)OC(C)C. The van der Waals surface area contributed by atoms with E-state index in [1.54, 1.807) is 13.8 Å². The van der Waals surface area contributed by atoms with Crippen LogP contribution < -0.4 is 5.32 Å². The molecule has 20 heavy (non-hydrogen) atoms. The van der Waals surface area contributed by atoms with E-state index in [2.05, 4.69) is 5.32 Å². The van der Waals surface area contributed by atoms with E-state index >= 15 is 0 Å². The molecular weight excluding hydrogens is 280 g/mol. The van der Waals surface area contributed by atoms with Crippen molar-refractivity contribution >= 4 is 35.6 Å². The van der Waals surface area contributed by atoms with Gasteiger partial charge in [-0.15, -0.1) is 0 Å². The summed E-state index contributed by atoms with van der Waals surface area (Å²) in [5, 5.41) is 9.40. The van der Waals surface area contributed by atoms with Gasteiger partial charge in [0.05, 0.1) is 18.1 Å². The van der Waals surface area contributed by atoms with E-state index in [1.165, 1.54) is 11.8 Å². The number of carbonyl (C=O) groups excluding carboxylic acids is 3. The van der Waals surface area contributed by atoms with Crippen LogP contribution in [0.5, 0.6) is 0 Å². The van der Waals surface area contributed by atoms with Gasteiger partial charge in [0.25, 0.3) is 0 Å². The summed E-state index contributed by atoms with van der Waals surface area (Å²) in [7, 11) is 0. The van der Waals surface area contributed by atoms with Crippen molar-refractivity contribution in [1.82, 2.24) is 5.32 Å². The maximum atomic E-state index is 11.9. The standard InChI is InChI=1S/C13H22N2O4S/c1-4-20-8-12(17)15-11(6-5-10(16)7-14)13(18)19-9(2)3/h7,9,11,14H,4-6,8H2,1-3H3,(H,15,17)/t11-/m0/s1. The molecule has 0 bridgehead atoms. The Kier molecular flexibility index (Phi) is 9.71. The highest BCUT2D eigenvalue weighted by Gasteiger charge is 2.23. The number of hydrogen-bond donors (Lipinski definition) is 2. The van der Waals surface area contributed by atoms with Gasteiger partial charge in [-0.3, -0.25) is 9.59 Å². The van der Waals surface area contributed by atoms with Crippen LogP contribution in [0.2, 0.25) is 0 Å². The van der Waals surface area contributed by atoms with E-state index in [9.17, 15) is 14.4 Å². The second-order valence-electron chi connectivity index (χ2n) is 4.39. The second-order valence-corrected chi connectivity index (χ2v) is 5.67. The first-order valence-electron chi connectivity index (χ1n) is 6.51. The number of esters is 1. The Morgan fingerprint density at radius 3 is 2.50 bits per heavy atom. The molecule has 0 fully saturated rings. The van der Waals surface area contributed by atoms with Crippen LogP contribution in [0.3, 0.4) is 0 Å². The summed E-state index contributed by atoms with van der Waals surface area (Å²) < 4.78 is 5.05. The Hall–Kier alpha value is -1.37. The molecule has 1 amide bonds. The molecule has 1 atom stereocenters. The van der Waals surface area contributed by atoms with Crippen LogP contribution in [0.1, 0.15) is 33.6 Å². The van der Waals surface area contributed by atoms with Gasteiger partial charge in [0, 0.05) is 6.42 Å². The lowest BCUT2D eigenvalue weighted by molar-refractivity contribution is -0.151. The molecule has 6 nitrogen and oxygen atoms in total. The average molecular weight is 302 g/mol. The third-order valence-corrected chi connectivity index (χ3v) is 3.12. The predicted octanol–water partition coefficient (Wildman–Crippen LogP) is 1.17. The first-order chi connectivity index (χ1) is 9.40. The molecule has 0 spiro atoms. The Balaban J connectivity index is 4.52. The average Bonchev–Trinajstić information content (AvgIpc) is 2.39. The molecule has 0 saturated heterocycles. The molecule has 0 unspecified atom stereocenters. The number of rotatable bonds is 10. The van der Waals surface area contributed by atoms with Crippen LogP contribution in [0.4, 0.5) is 0 Å². The normalized spacial score (nSPS) is 11.8. The summed E-state index contributed by atoms with van der Waals surface area (Å²) in [6.07, 6.45) is 0.593. The fraction of sp³-hybridized carbons (Fsp3) is 0.692. The van der Waals surface area contributed by atoms with E-state index in [0.29, 0.717) is 6.21 Å². The zero-order valence-corrected chi connectivity index (χ0v) is 12.9. The molecule has 0 rings (SSSR count). The van der Waals surface area contributed by atoms with Gasteiger partial charge in [0.15, 0.2) is 5.78 Å². The zero-order valence-electron chi connectivity index (χ0n) is 12.1. The van der Waals surface area contributed by atoms with Crippen LogP contribution in [-0.4, -0.2) is 47.5 Å². The topological polar surface area (TPSA) is 96.3 Å². The van der Waals surface area contributed by atoms with Crippen molar-refractivity contribution in [3.05, 3.63) is 0 Å². The van der Waals surface area contributed by atoms with Gasteiger partial charge in [-0.1, -0.05) is 6.92 Å². The largest absolute Gasteiger partial charge is 0.461 e. The number of amides is 1. The predicted molar refractivity (Wildman–Crippen MR) is 79.2 cm³/mol. The van der Waals surface area contributed by atoms with Gasteiger partial charge >= 0.3 is 5.97 Å². The van der Waals surface area contributed by atoms with Gasteiger partial charge in [0.1, 0.15) is 6.04 Å². The molecule has 0 aliphatic rings. The second kappa shape index (κ2) is 10.4. The van der Waals surface area contributed by atoms with Crippen LogP contribution >= 0.6 is 11.8 Å². The fourth-order valence-corrected chi connectivity index (χ4v) is 1.83. The van der Waals surface area contributed by atoms with Crippen molar-refractivity contribution in [2.75, 3.05) is 11.5 Å². The van der Waals surface area contributed by atoms with Gasteiger partial charge in [-0.25, -0.2) is 4.79 Å². The van der Waals surface area contributed by atoms with Gasteiger partial charge in [0.2, 0.25) is 5.91 Å². The first kappa shape index (κ1) is 18.6. The molecule has 0 aromatic rings. The third kappa shape index (κ3) is 8.68. The highest BCUT2D eigenvalue weighted by atomic mass is 32.2. The van der Waals surface area contributed by atoms with Crippen molar-refractivity contribution < 1.29 is 19.1 Å². The Morgan fingerprint density at radius 1 is 1.35 bits per heavy atom. The summed E-state index contributed by atoms with van der Waals surface area (Å²) in [6, 6.07) is -0.841. The molecule has 0 aliphatic heterocycles. The third-order valence-electron chi connectivity index (χ3n) is 2.25. The minimum Gasteiger partial charge on any atom is -0.461 e. The number of Topliss-reactive ketones (excluding diaryl/α,β-unsaturated/α-hetero) is 1. The molecule has 0 aromatic carbocycles. The Labute approximate surface area is 123 Å². The summed E-state index contributed by atoms with van der Waals surface area (Å²) in [4.78, 5) is 34.6. The Bertz CT molecular complexity index is 358. The number of thioether (sulfide) groups is 1. The van der Waals surface area contributed by atoms with Crippen molar-refractivity contribution in [3.8, 4) is 0 Å². The highest BCUT2D eigenvalue weighted by Crippen LogP contribution is 2.05. The smallest absolute Gasteiger partial charge is 0.328 e. The van der Waals surface area contributed by atoms with Crippen molar-refractivity contribution in [1.29, 1.82) is 5.41 Å². The lowest BCUT2D eigenvalue weighted by atomic mass is 10.1. The fourth-order valence-electron chi connectivity index (χ4n) is 1.35. The van der Waals surface area contributed by atoms with Crippen LogP contribution in [0.25, 0.3) is 0 Å². The van der Waals surface area contributed by atoms with Gasteiger partial charge in [-0.05, 0) is 26.0 Å². The monoisotopic (exact) mass is 302 g/mol. The molecule has 0 saturated carbocycles. The van der Waals surface area contributed by atoms with Gasteiger partial charge in [-0.2, -0.15) is 11.8 Å². The number of carbonyl (C=O) groups is 3. The van der Waals surface area contributed by atoms with E-state index in [0.717, 1.165) is 5.75 Å². The van der Waals surface area contributed by atoms with Crippen LogP contribution in [0.15, 0.2) is 0 Å². The van der Waals surface area contributed by atoms with Crippen molar-refractivity contribution in [2.45, 2.75) is 45.8 Å². The summed E-state index contributed by atoms with van der Waals surface area (Å²) in [6.45, 7) is 5.37. The van der Waals surface area contributed by atoms with Crippen molar-refractivity contribution in [2.24, 2.45) is 0 Å². The summed E-state index contributed by atoms with van der Waals surface area (Å²) in [5.41, 5.74) is 0. The Morgan fingerprint density at radius 2 is 2.00 bits per heavy atom. The lowest BCUT2D eigenvalue weighted by Gasteiger charge is -2.18. The van der Waals surface area contributed by atoms with E-state index in [4.69, 9.17) is 10.1 Å². The van der Waals surface area contributed by atoms with E-state index in [-0.39, 0.29) is 36.4 Å². The van der Waals surface area contributed by atoms with Crippen LogP contribution in [-0.2, 0) is 19.1 Å². The quantitative estimate of drug-likeness (QED) is 0.466. The molecule has 0 aromatic heterocycles. The maximum Gasteiger partial charge on any atom is 0.328 e. The number of ether oxygens (including phenoxy) is 1. The number of nitrogens with one attached hydrogen (secondary N) is 2. The minimum absolute atomic E-state index is 0.0303. The van der Waals surface area contributed by atoms with E-state index < -0.39 is 12.0 Å². The highest BCUT2D eigenvalue weighted by molar-refractivity contribution is 7.99. The summed E-state index contributed by atoms with van der Waals surface area (Å²) in [5.74, 6) is -0.122. The van der Waals surface area contributed by atoms with E-state index in [1.807, 2.05) is 6.92 Å². The molecule has 114 valence electrons. The molecule has 7 heteroatoms. The first-order valence-corrected chi connectivity index (χ1v) is 7.67. The molecular formula is C13H22N2O4S. The van der Waals surface area contributed by atoms with Crippen molar-refractivity contribution in [3.63, 3.8) is 0 Å². The zero-order chi connectivity index (χ0) is 15.5. The molecule has 0 radical (unpaired) electrons. The maximum absolute atomic E-state index is 11.9. The lowest BCUT2D eigenvalue weighted by Crippen LogP contribution is -2.43. The summed E-state index contributed by atoms with van der Waals surface area (Å²) >= 11 is 1.45.